The first-order chi connectivity index (χ1) is 17.5. The van der Waals surface area contributed by atoms with Crippen molar-refractivity contribution < 1.29 is 27.9 Å². The minimum absolute atomic E-state index is 0.00701. The molecule has 2 fully saturated rings. The lowest BCUT2D eigenvalue weighted by atomic mass is 9.82. The maximum absolute atomic E-state index is 14.7. The van der Waals surface area contributed by atoms with E-state index in [9.17, 15) is 27.9 Å². The number of unbranched alkanes of at least 4 members (excludes halogenated alkanes) is 4. The first-order valence-corrected chi connectivity index (χ1v) is 12.5. The Morgan fingerprint density at radius 2 is 1.97 bits per heavy atom. The van der Waals surface area contributed by atoms with E-state index in [0.717, 1.165) is 25.7 Å². The summed E-state index contributed by atoms with van der Waals surface area (Å²) in [6, 6.07) is 1.60. The number of aliphatic carboxylic acids is 1. The average Bonchev–Trinajstić information content (AvgIpc) is 3.37. The average molecular weight is 515 g/mol. The zero-order valence-corrected chi connectivity index (χ0v) is 20.7. The second kappa shape index (κ2) is 10.5. The highest BCUT2D eigenvalue weighted by molar-refractivity contribution is 6.08. The van der Waals surface area contributed by atoms with Gasteiger partial charge >= 0.3 is 5.97 Å². The first kappa shape index (κ1) is 26.5. The second-order valence-electron chi connectivity index (χ2n) is 10.0. The molecule has 2 aliphatic rings. The van der Waals surface area contributed by atoms with Crippen LogP contribution >= 0.6 is 0 Å². The number of carbonyl (C=O) groups excluding carboxylic acids is 1. The maximum atomic E-state index is 14.7. The van der Waals surface area contributed by atoms with Gasteiger partial charge in [-0.3, -0.25) is 4.79 Å². The van der Waals surface area contributed by atoms with Gasteiger partial charge in [-0.25, -0.2) is 27.8 Å². The first-order valence-electron chi connectivity index (χ1n) is 12.5. The molecule has 1 aliphatic heterocycles. The molecule has 10 heteroatoms. The number of fused-ring (bicyclic) bond motifs is 1. The van der Waals surface area contributed by atoms with E-state index in [1.807, 2.05) is 4.57 Å². The standard InChI is InChI=1S/C27H29F3N4O3/c1-31-19-13-20-22(24(35)34-12-11-26(28,17-34)25(36)37)21(33(2)23(20)32-16-19)10-8-6-4-3-5-7-9-18-14-27(29,30)15-18/h13,16,18H,3-6,8,10-12,14-15,17H2,2H3,(H,36,37)/t26-/m1/s1. The van der Waals surface area contributed by atoms with E-state index in [-0.39, 0.29) is 37.4 Å². The Kier molecular flexibility index (Phi) is 7.49. The number of carboxylic acids is 1. The highest BCUT2D eigenvalue weighted by atomic mass is 19.3. The van der Waals surface area contributed by atoms with Crippen LogP contribution in [0.25, 0.3) is 15.9 Å². The summed E-state index contributed by atoms with van der Waals surface area (Å²) < 4.78 is 42.2. The van der Waals surface area contributed by atoms with Crippen molar-refractivity contribution >= 4 is 28.6 Å². The number of halogens is 3. The Morgan fingerprint density at radius 1 is 1.24 bits per heavy atom. The predicted molar refractivity (Wildman–Crippen MR) is 131 cm³/mol. The van der Waals surface area contributed by atoms with Gasteiger partial charge in [-0.05, 0) is 25.3 Å². The zero-order valence-electron chi connectivity index (χ0n) is 20.7. The summed E-state index contributed by atoms with van der Waals surface area (Å²) in [4.78, 5) is 33.9. The van der Waals surface area contributed by atoms with Crippen LogP contribution in [0.1, 0.15) is 67.4 Å². The Bertz CT molecular complexity index is 1310. The van der Waals surface area contributed by atoms with Crippen molar-refractivity contribution in [2.75, 3.05) is 13.1 Å². The lowest BCUT2D eigenvalue weighted by Gasteiger charge is -2.31. The summed E-state index contributed by atoms with van der Waals surface area (Å²) in [5.74, 6) is 1.14. The molecule has 1 atom stereocenters. The fourth-order valence-corrected chi connectivity index (χ4v) is 5.06. The summed E-state index contributed by atoms with van der Waals surface area (Å²) in [7, 11) is 1.79. The highest BCUT2D eigenvalue weighted by Crippen LogP contribution is 2.41. The van der Waals surface area contributed by atoms with Gasteiger partial charge in [0.25, 0.3) is 11.8 Å². The molecular formula is C27H29F3N4O3. The van der Waals surface area contributed by atoms with Gasteiger partial charge in [-0.15, -0.1) is 5.92 Å². The molecule has 1 saturated heterocycles. The molecule has 0 aromatic carbocycles. The summed E-state index contributed by atoms with van der Waals surface area (Å²) >= 11 is 0. The number of hydrogen-bond donors (Lipinski definition) is 1. The topological polar surface area (TPSA) is 79.8 Å². The zero-order chi connectivity index (χ0) is 26.8. The van der Waals surface area contributed by atoms with E-state index in [0.29, 0.717) is 35.1 Å². The molecule has 0 spiro atoms. The van der Waals surface area contributed by atoms with Gasteiger partial charge in [0, 0.05) is 62.5 Å². The number of rotatable bonds is 8. The molecule has 7 nitrogen and oxygen atoms in total. The van der Waals surface area contributed by atoms with Crippen LogP contribution in [0.3, 0.4) is 0 Å². The van der Waals surface area contributed by atoms with Gasteiger partial charge in [0.1, 0.15) is 5.65 Å². The Morgan fingerprint density at radius 3 is 2.62 bits per heavy atom. The lowest BCUT2D eigenvalue weighted by Crippen LogP contribution is -2.39. The second-order valence-corrected chi connectivity index (χ2v) is 10.0. The van der Waals surface area contributed by atoms with E-state index >= 15 is 0 Å². The summed E-state index contributed by atoms with van der Waals surface area (Å²) in [5, 5.41) is 9.73. The minimum atomic E-state index is -2.55. The molecule has 3 heterocycles. The third-order valence-electron chi connectivity index (χ3n) is 7.23. The summed E-state index contributed by atoms with van der Waals surface area (Å²) in [5.41, 5.74) is -0.605. The van der Waals surface area contributed by atoms with Crippen molar-refractivity contribution in [1.29, 1.82) is 0 Å². The fourth-order valence-electron chi connectivity index (χ4n) is 5.06. The number of likely N-dealkylation sites (tertiary alicyclic amines) is 1. The van der Waals surface area contributed by atoms with Gasteiger partial charge in [0.15, 0.2) is 0 Å². The number of carbonyl (C=O) groups is 2. The van der Waals surface area contributed by atoms with E-state index in [4.69, 9.17) is 6.57 Å². The van der Waals surface area contributed by atoms with Crippen molar-refractivity contribution in [1.82, 2.24) is 14.5 Å². The quantitative estimate of drug-likeness (QED) is 0.294. The Hall–Kier alpha value is -3.53. The van der Waals surface area contributed by atoms with E-state index < -0.39 is 30.0 Å². The SMILES string of the molecule is [C-]#[N+]c1cnc2c(c1)c(C(=O)N1CC[C@](F)(C(=O)O)C1)c(CCCCCCC#CC1CC(F)(F)C1)n2C. The van der Waals surface area contributed by atoms with Crippen LogP contribution in [0.2, 0.25) is 0 Å². The molecular weight excluding hydrogens is 485 g/mol. The number of hydrogen-bond acceptors (Lipinski definition) is 3. The highest BCUT2D eigenvalue weighted by Gasteiger charge is 2.47. The Balaban J connectivity index is 1.42. The van der Waals surface area contributed by atoms with Gasteiger partial charge in [-0.2, -0.15) is 0 Å². The summed E-state index contributed by atoms with van der Waals surface area (Å²) in [6.45, 7) is 6.78. The molecule has 1 amide bonds. The molecule has 4 rings (SSSR count). The van der Waals surface area contributed by atoms with Crippen molar-refractivity contribution in [3.8, 4) is 11.8 Å². The maximum Gasteiger partial charge on any atom is 0.343 e. The van der Waals surface area contributed by atoms with Crippen LogP contribution in [0, 0.1) is 24.3 Å². The fraction of sp³-hybridized carbons (Fsp3) is 0.556. The van der Waals surface area contributed by atoms with Gasteiger partial charge in [-0.1, -0.05) is 18.8 Å². The number of carboxylic acid groups (broad SMARTS) is 1. The molecule has 0 bridgehead atoms. The number of pyridine rings is 1. The molecule has 2 aromatic heterocycles. The monoisotopic (exact) mass is 514 g/mol. The largest absolute Gasteiger partial charge is 0.479 e. The number of amides is 1. The van der Waals surface area contributed by atoms with Crippen LogP contribution in [-0.4, -0.2) is 56.1 Å². The van der Waals surface area contributed by atoms with Crippen LogP contribution < -0.4 is 0 Å². The van der Waals surface area contributed by atoms with Crippen LogP contribution in [-0.2, 0) is 18.3 Å². The number of aromatic nitrogens is 2. The predicted octanol–water partition coefficient (Wildman–Crippen LogP) is 5.30. The molecule has 1 N–H and O–H groups in total. The van der Waals surface area contributed by atoms with Crippen LogP contribution in [0.4, 0.5) is 18.9 Å². The van der Waals surface area contributed by atoms with Gasteiger partial charge in [0.05, 0.1) is 18.7 Å². The van der Waals surface area contributed by atoms with E-state index in [2.05, 4.69) is 21.7 Å². The van der Waals surface area contributed by atoms with Gasteiger partial charge in [0.2, 0.25) is 11.4 Å². The lowest BCUT2D eigenvalue weighted by molar-refractivity contribution is -0.149. The van der Waals surface area contributed by atoms with Crippen molar-refractivity contribution in [3.63, 3.8) is 0 Å². The number of aryl methyl sites for hydroxylation is 1. The van der Waals surface area contributed by atoms with E-state index in [1.54, 1.807) is 13.1 Å². The van der Waals surface area contributed by atoms with Crippen LogP contribution in [0.5, 0.6) is 0 Å². The molecule has 1 saturated carbocycles. The third-order valence-corrected chi connectivity index (χ3v) is 7.23. The molecule has 0 unspecified atom stereocenters. The molecule has 196 valence electrons. The molecule has 0 radical (unpaired) electrons. The van der Waals surface area contributed by atoms with Crippen LogP contribution in [0.15, 0.2) is 12.3 Å². The van der Waals surface area contributed by atoms with Crippen molar-refractivity contribution in [2.45, 2.75) is 69.4 Å². The van der Waals surface area contributed by atoms with E-state index in [1.165, 1.54) is 11.1 Å². The summed E-state index contributed by atoms with van der Waals surface area (Å²) in [6.07, 6.45) is 5.49. The normalized spacial score (nSPS) is 20.8. The molecule has 2 aromatic rings. The van der Waals surface area contributed by atoms with Crippen molar-refractivity contribution in [2.24, 2.45) is 13.0 Å². The smallest absolute Gasteiger partial charge is 0.343 e. The van der Waals surface area contributed by atoms with Crippen molar-refractivity contribution in [3.05, 3.63) is 34.9 Å². The third kappa shape index (κ3) is 5.58. The molecule has 1 aliphatic carbocycles. The number of alkyl halides is 3. The van der Waals surface area contributed by atoms with Gasteiger partial charge < -0.3 is 14.6 Å². The number of nitrogens with zero attached hydrogens (tertiary/aromatic N) is 4. The molecule has 37 heavy (non-hydrogen) atoms. The minimum Gasteiger partial charge on any atom is -0.479 e. The Labute approximate surface area is 213 Å².